The van der Waals surface area contributed by atoms with Crippen LogP contribution < -0.4 is 5.32 Å². The lowest BCUT2D eigenvalue weighted by Crippen LogP contribution is -2.49. The Labute approximate surface area is 73.7 Å². The van der Waals surface area contributed by atoms with Crippen LogP contribution in [0.4, 0.5) is 0 Å². The summed E-state index contributed by atoms with van der Waals surface area (Å²) in [4.78, 5) is 10.7. The first-order valence-corrected chi connectivity index (χ1v) is 4.97. The third-order valence-electron chi connectivity index (χ3n) is 3.43. The highest BCUT2D eigenvalue weighted by Crippen LogP contribution is 2.52. The smallest absolute Gasteiger partial charge is 0.217 e. The van der Waals surface area contributed by atoms with Crippen LogP contribution >= 0.6 is 0 Å². The van der Waals surface area contributed by atoms with Crippen molar-refractivity contribution in [2.75, 3.05) is 0 Å². The van der Waals surface area contributed by atoms with Crippen molar-refractivity contribution < 1.29 is 4.79 Å². The summed E-state index contributed by atoms with van der Waals surface area (Å²) < 4.78 is 0. The van der Waals surface area contributed by atoms with Crippen molar-refractivity contribution in [3.63, 3.8) is 0 Å². The Bertz CT molecular complexity index is 186. The summed E-state index contributed by atoms with van der Waals surface area (Å²) in [6.45, 7) is 1.61. The Kier molecular flexibility index (Phi) is 1.85. The molecule has 68 valence electrons. The minimum Gasteiger partial charge on any atom is -0.354 e. The first kappa shape index (κ1) is 8.09. The summed E-state index contributed by atoms with van der Waals surface area (Å²) in [7, 11) is 0. The van der Waals surface area contributed by atoms with Crippen LogP contribution in [-0.2, 0) is 4.79 Å². The van der Waals surface area contributed by atoms with Gasteiger partial charge in [0.15, 0.2) is 0 Å². The maximum atomic E-state index is 10.7. The number of carbonyl (C=O) groups is 1. The molecule has 12 heavy (non-hydrogen) atoms. The molecular weight excluding hydrogens is 150 g/mol. The summed E-state index contributed by atoms with van der Waals surface area (Å²) in [5, 5.41) is 2.99. The summed E-state index contributed by atoms with van der Waals surface area (Å²) in [6, 6.07) is 0.501. The van der Waals surface area contributed by atoms with E-state index >= 15 is 0 Å². The molecule has 0 aromatic carbocycles. The first-order chi connectivity index (χ1) is 5.70. The Balaban J connectivity index is 1.79. The molecule has 2 saturated carbocycles. The van der Waals surface area contributed by atoms with Gasteiger partial charge in [-0.1, -0.05) is 12.8 Å². The first-order valence-electron chi connectivity index (χ1n) is 4.97. The molecule has 0 aliphatic heterocycles. The minimum atomic E-state index is 0.132. The molecular formula is C10H17NO. The average Bonchev–Trinajstić information content (AvgIpc) is 2.33. The highest BCUT2D eigenvalue weighted by Gasteiger charge is 2.45. The summed E-state index contributed by atoms with van der Waals surface area (Å²) in [5.41, 5.74) is 0.660. The molecule has 0 radical (unpaired) electrons. The number of rotatable bonds is 1. The van der Waals surface area contributed by atoms with Crippen LogP contribution in [0.3, 0.4) is 0 Å². The molecule has 2 aliphatic carbocycles. The van der Waals surface area contributed by atoms with Crippen LogP contribution in [-0.4, -0.2) is 11.9 Å². The molecule has 1 amide bonds. The van der Waals surface area contributed by atoms with E-state index in [1.165, 1.54) is 38.5 Å². The molecule has 1 spiro atoms. The highest BCUT2D eigenvalue weighted by molar-refractivity contribution is 5.73. The van der Waals surface area contributed by atoms with Gasteiger partial charge in [-0.25, -0.2) is 0 Å². The second-order valence-electron chi connectivity index (χ2n) is 4.51. The van der Waals surface area contributed by atoms with Gasteiger partial charge in [0.1, 0.15) is 0 Å². The quantitative estimate of drug-likeness (QED) is 0.634. The van der Waals surface area contributed by atoms with Crippen LogP contribution in [0.2, 0.25) is 0 Å². The predicted molar refractivity (Wildman–Crippen MR) is 47.7 cm³/mol. The number of nitrogens with one attached hydrogen (secondary N) is 1. The van der Waals surface area contributed by atoms with Gasteiger partial charge >= 0.3 is 0 Å². The van der Waals surface area contributed by atoms with E-state index in [0.29, 0.717) is 11.5 Å². The van der Waals surface area contributed by atoms with Crippen molar-refractivity contribution in [2.45, 2.75) is 51.5 Å². The number of carbonyl (C=O) groups excluding carboxylic acids is 1. The minimum absolute atomic E-state index is 0.132. The largest absolute Gasteiger partial charge is 0.354 e. The zero-order chi connectivity index (χ0) is 8.60. The molecule has 2 heteroatoms. The third kappa shape index (κ3) is 1.35. The van der Waals surface area contributed by atoms with E-state index in [0.717, 1.165) is 0 Å². The molecule has 0 saturated heterocycles. The van der Waals surface area contributed by atoms with Gasteiger partial charge in [0.25, 0.3) is 0 Å². The summed E-state index contributed by atoms with van der Waals surface area (Å²) in [6.07, 6.45) is 8.12. The van der Waals surface area contributed by atoms with Crippen LogP contribution in [0, 0.1) is 5.41 Å². The maximum Gasteiger partial charge on any atom is 0.217 e. The van der Waals surface area contributed by atoms with Crippen molar-refractivity contribution >= 4 is 5.91 Å². The molecule has 0 aromatic rings. The second-order valence-corrected chi connectivity index (χ2v) is 4.51. The van der Waals surface area contributed by atoms with E-state index in [1.807, 2.05) is 0 Å². The van der Waals surface area contributed by atoms with E-state index < -0.39 is 0 Å². The number of hydrogen-bond acceptors (Lipinski definition) is 1. The van der Waals surface area contributed by atoms with E-state index in [2.05, 4.69) is 5.32 Å². The Morgan fingerprint density at radius 3 is 2.42 bits per heavy atom. The normalized spacial score (nSPS) is 27.1. The molecule has 0 atom stereocenters. The summed E-state index contributed by atoms with van der Waals surface area (Å²) in [5.74, 6) is 0.132. The fourth-order valence-corrected chi connectivity index (χ4v) is 2.91. The van der Waals surface area contributed by atoms with Gasteiger partial charge in [0, 0.05) is 13.0 Å². The lowest BCUT2D eigenvalue weighted by Gasteiger charge is -2.45. The van der Waals surface area contributed by atoms with E-state index in [-0.39, 0.29) is 5.91 Å². The van der Waals surface area contributed by atoms with Gasteiger partial charge in [-0.2, -0.15) is 0 Å². The van der Waals surface area contributed by atoms with Gasteiger partial charge < -0.3 is 5.32 Å². The topological polar surface area (TPSA) is 29.1 Å². The number of amides is 1. The molecule has 2 nitrogen and oxygen atoms in total. The second kappa shape index (κ2) is 2.75. The van der Waals surface area contributed by atoms with E-state index in [1.54, 1.807) is 6.92 Å². The van der Waals surface area contributed by atoms with Crippen molar-refractivity contribution in [2.24, 2.45) is 5.41 Å². The van der Waals surface area contributed by atoms with Crippen molar-refractivity contribution in [3.05, 3.63) is 0 Å². The Hall–Kier alpha value is -0.530. The van der Waals surface area contributed by atoms with Crippen LogP contribution in [0.5, 0.6) is 0 Å². The van der Waals surface area contributed by atoms with Gasteiger partial charge in [0.2, 0.25) is 5.91 Å². The predicted octanol–water partition coefficient (Wildman–Crippen LogP) is 1.85. The van der Waals surface area contributed by atoms with Crippen molar-refractivity contribution in [3.8, 4) is 0 Å². The van der Waals surface area contributed by atoms with E-state index in [4.69, 9.17) is 0 Å². The third-order valence-corrected chi connectivity index (χ3v) is 3.43. The van der Waals surface area contributed by atoms with Gasteiger partial charge in [-0.05, 0) is 31.1 Å². The van der Waals surface area contributed by atoms with Crippen LogP contribution in [0.1, 0.15) is 45.4 Å². The zero-order valence-electron chi connectivity index (χ0n) is 7.73. The zero-order valence-corrected chi connectivity index (χ0v) is 7.73. The average molecular weight is 167 g/mol. The fourth-order valence-electron chi connectivity index (χ4n) is 2.91. The molecule has 1 N–H and O–H groups in total. The number of hydrogen-bond donors (Lipinski definition) is 1. The van der Waals surface area contributed by atoms with Crippen molar-refractivity contribution in [1.82, 2.24) is 5.32 Å². The fraction of sp³-hybridized carbons (Fsp3) is 0.900. The molecule has 2 aliphatic rings. The van der Waals surface area contributed by atoms with E-state index in [9.17, 15) is 4.79 Å². The molecule has 2 fully saturated rings. The Morgan fingerprint density at radius 2 is 1.92 bits per heavy atom. The lowest BCUT2D eigenvalue weighted by molar-refractivity contribution is -0.121. The van der Waals surface area contributed by atoms with Gasteiger partial charge in [-0.3, -0.25) is 4.79 Å². The molecule has 0 unspecified atom stereocenters. The highest BCUT2D eigenvalue weighted by atomic mass is 16.1. The maximum absolute atomic E-state index is 10.7. The van der Waals surface area contributed by atoms with Crippen LogP contribution in [0.15, 0.2) is 0 Å². The summed E-state index contributed by atoms with van der Waals surface area (Å²) >= 11 is 0. The van der Waals surface area contributed by atoms with Crippen molar-refractivity contribution in [1.29, 1.82) is 0 Å². The van der Waals surface area contributed by atoms with Gasteiger partial charge in [-0.15, -0.1) is 0 Å². The lowest BCUT2D eigenvalue weighted by atomic mass is 9.64. The SMILES string of the molecule is CC(=O)NC1CC2(CCCC2)C1. The molecule has 2 rings (SSSR count). The monoisotopic (exact) mass is 167 g/mol. The van der Waals surface area contributed by atoms with Crippen LogP contribution in [0.25, 0.3) is 0 Å². The molecule has 0 heterocycles. The van der Waals surface area contributed by atoms with Gasteiger partial charge in [0.05, 0.1) is 0 Å². The molecule has 0 bridgehead atoms. The Morgan fingerprint density at radius 1 is 1.33 bits per heavy atom. The standard InChI is InChI=1S/C10H17NO/c1-8(12)11-9-6-10(7-9)4-2-3-5-10/h9H,2-7H2,1H3,(H,11,12). The molecule has 0 aromatic heterocycles.